The number of carbonyl (C=O) groups excluding carboxylic acids is 6. The number of hydrogen-bond acceptors (Lipinski definition) is 12. The number of nitrogens with two attached hydrogens (primary N) is 1. The largest absolute Gasteiger partial charge is 0.400 e. The van der Waals surface area contributed by atoms with E-state index in [4.69, 9.17) is 10.8 Å². The summed E-state index contributed by atoms with van der Waals surface area (Å²) in [5, 5.41) is 23.6. The summed E-state index contributed by atoms with van der Waals surface area (Å²) in [6.45, 7) is 7.64. The van der Waals surface area contributed by atoms with Crippen LogP contribution in [-0.4, -0.2) is 84.2 Å². The van der Waals surface area contributed by atoms with Crippen molar-refractivity contribution in [2.75, 3.05) is 23.5 Å². The Labute approximate surface area is 399 Å². The molecule has 4 heterocycles. The van der Waals surface area contributed by atoms with Crippen LogP contribution in [0.15, 0.2) is 122 Å². The van der Waals surface area contributed by atoms with E-state index >= 15 is 0 Å². The minimum absolute atomic E-state index is 0. The van der Waals surface area contributed by atoms with Gasteiger partial charge in [0.15, 0.2) is 11.6 Å². The summed E-state index contributed by atoms with van der Waals surface area (Å²) >= 11 is 0. The van der Waals surface area contributed by atoms with Gasteiger partial charge in [0.25, 0.3) is 29.3 Å². The van der Waals surface area contributed by atoms with Gasteiger partial charge in [-0.05, 0) is 122 Å². The van der Waals surface area contributed by atoms with E-state index in [9.17, 15) is 38.9 Å². The zero-order chi connectivity index (χ0) is 49.2. The van der Waals surface area contributed by atoms with E-state index < -0.39 is 17.0 Å². The molecule has 0 aliphatic carbocycles. The molecule has 0 spiro atoms. The van der Waals surface area contributed by atoms with Crippen molar-refractivity contribution < 1.29 is 38.8 Å². The number of nitro benzene ring substituents is 1. The molecular formula is C52H54N8O9. The Morgan fingerprint density at radius 3 is 1.45 bits per heavy atom. The molecule has 2 aliphatic heterocycles. The lowest BCUT2D eigenvalue weighted by Crippen LogP contribution is -2.41. The van der Waals surface area contributed by atoms with Gasteiger partial charge in [-0.1, -0.05) is 43.8 Å². The van der Waals surface area contributed by atoms with Crippen molar-refractivity contribution in [2.24, 2.45) is 0 Å². The Hall–Kier alpha value is -8.44. The second-order valence-corrected chi connectivity index (χ2v) is 16.3. The molecule has 4 amide bonds. The fraction of sp³-hybridized carbons (Fsp3) is 0.231. The molecular weight excluding hydrogens is 881 g/mol. The molecule has 0 saturated heterocycles. The Bertz CT molecular complexity index is 2870. The number of ketones is 2. The van der Waals surface area contributed by atoms with Gasteiger partial charge >= 0.3 is 0 Å². The van der Waals surface area contributed by atoms with Gasteiger partial charge < -0.3 is 31.3 Å². The Balaban J connectivity index is 0.000000246. The maximum absolute atomic E-state index is 13.2. The van der Waals surface area contributed by atoms with Crippen molar-refractivity contribution >= 4 is 58.2 Å². The average molecular weight is 935 g/mol. The highest BCUT2D eigenvalue weighted by molar-refractivity contribution is 6.06. The normalized spacial score (nSPS) is 15.0. The van der Waals surface area contributed by atoms with Crippen LogP contribution in [0.4, 0.5) is 23.0 Å². The highest BCUT2D eigenvalue weighted by Crippen LogP contribution is 2.27. The van der Waals surface area contributed by atoms with Crippen molar-refractivity contribution in [3.8, 4) is 0 Å². The first-order valence-corrected chi connectivity index (χ1v) is 21.5. The van der Waals surface area contributed by atoms with E-state index in [1.807, 2.05) is 26.0 Å². The number of nitrogen functional groups attached to an aromatic ring is 1. The van der Waals surface area contributed by atoms with Gasteiger partial charge in [0.2, 0.25) is 0 Å². The van der Waals surface area contributed by atoms with Gasteiger partial charge in [-0.25, -0.2) is 9.97 Å². The second kappa shape index (κ2) is 22.8. The first-order chi connectivity index (χ1) is 32.5. The number of rotatable bonds is 9. The van der Waals surface area contributed by atoms with Gasteiger partial charge in [-0.2, -0.15) is 0 Å². The number of benzene rings is 4. The quantitative estimate of drug-likeness (QED) is 0.0632. The highest BCUT2D eigenvalue weighted by Gasteiger charge is 2.34. The topological polar surface area (TPSA) is 248 Å². The number of nitro groups is 1. The Kier molecular flexibility index (Phi) is 17.1. The van der Waals surface area contributed by atoms with E-state index in [0.717, 1.165) is 29.4 Å². The number of aryl methyl sites for hydroxylation is 2. The van der Waals surface area contributed by atoms with Crippen LogP contribution < -0.4 is 16.4 Å². The van der Waals surface area contributed by atoms with Crippen LogP contribution in [0.5, 0.6) is 0 Å². The molecule has 6 aromatic rings. The van der Waals surface area contributed by atoms with E-state index in [-0.39, 0.29) is 79.8 Å². The minimum atomic E-state index is -0.699. The number of fused-ring (bicyclic) bond motifs is 2. The molecule has 69 heavy (non-hydrogen) atoms. The first kappa shape index (κ1) is 51.5. The smallest absolute Gasteiger partial charge is 0.269 e. The number of amides is 4. The molecule has 17 heteroatoms. The predicted octanol–water partition coefficient (Wildman–Crippen LogP) is 7.33. The standard InChI is InChI=1S/C25H22N4O5.C25H24N4O3.CH4O.CH4/c1-15-3-10-23(26-13-15)27-24(31)18-6-4-17(5-7-18)14-28-16(2)22(30)12-19-11-20(29(33)34)8-9-21(19)25(28)32;1-15-3-10-23(27-13-15)28-24(31)18-6-4-17(5-7-18)14-29-16(2)22(30)12-19-11-20(26)8-9-21(19)25(29)32;1-2;/h3-11,13,16H,12,14H2,1-2H3,(H,26,27,31);3-11,13,16H,12,14,26H2,1-2H3,(H,27,28,31);2H,1H3;1H4/t2*16-;;/m11../s1. The third-order valence-corrected chi connectivity index (χ3v) is 11.5. The average Bonchev–Trinajstić information content (AvgIpc) is 3.47. The van der Waals surface area contributed by atoms with Crippen molar-refractivity contribution in [2.45, 2.75) is 73.1 Å². The maximum Gasteiger partial charge on any atom is 0.269 e. The molecule has 8 rings (SSSR count). The number of pyridine rings is 2. The molecule has 2 aromatic heterocycles. The number of aliphatic hydroxyl groups excluding tert-OH is 1. The summed E-state index contributed by atoms with van der Waals surface area (Å²) in [6.07, 6.45) is 3.48. The summed E-state index contributed by atoms with van der Waals surface area (Å²) in [5.41, 5.74) is 12.5. The molecule has 17 nitrogen and oxygen atoms in total. The van der Waals surface area contributed by atoms with Crippen LogP contribution in [0, 0.1) is 24.0 Å². The minimum Gasteiger partial charge on any atom is -0.400 e. The van der Waals surface area contributed by atoms with E-state index in [2.05, 4.69) is 20.6 Å². The van der Waals surface area contributed by atoms with Gasteiger partial charge in [0, 0.05) is 85.5 Å². The fourth-order valence-electron chi connectivity index (χ4n) is 7.49. The number of non-ortho nitro benzene ring substituents is 1. The van der Waals surface area contributed by atoms with Crippen LogP contribution in [0.3, 0.4) is 0 Å². The number of hydrogen-bond donors (Lipinski definition) is 4. The number of nitrogens with one attached hydrogen (secondary N) is 2. The van der Waals surface area contributed by atoms with Gasteiger partial charge in [-0.15, -0.1) is 0 Å². The summed E-state index contributed by atoms with van der Waals surface area (Å²) in [7, 11) is 1.00. The van der Waals surface area contributed by atoms with Crippen molar-refractivity contribution in [3.05, 3.63) is 187 Å². The predicted molar refractivity (Wildman–Crippen MR) is 262 cm³/mol. The molecule has 0 saturated carbocycles. The number of aromatic nitrogens is 2. The lowest BCUT2D eigenvalue weighted by molar-refractivity contribution is -0.384. The van der Waals surface area contributed by atoms with Gasteiger partial charge in [-0.3, -0.25) is 38.9 Å². The lowest BCUT2D eigenvalue weighted by atomic mass is 10.0. The van der Waals surface area contributed by atoms with Crippen LogP contribution in [0.1, 0.15) is 96.1 Å². The van der Waals surface area contributed by atoms with E-state index in [1.54, 1.807) is 110 Å². The molecule has 2 atom stereocenters. The molecule has 0 unspecified atom stereocenters. The summed E-state index contributed by atoms with van der Waals surface area (Å²) in [4.78, 5) is 98.7. The summed E-state index contributed by atoms with van der Waals surface area (Å²) < 4.78 is 0. The highest BCUT2D eigenvalue weighted by atomic mass is 16.6. The SMILES string of the molecule is C.CO.Cc1ccc(NC(=O)c2ccc(CN3C(=O)c4ccc(N)cc4CC(=O)[C@H]3C)cc2)nc1.Cc1ccc(NC(=O)c2ccc(CN3C(=O)c4ccc([N+](=O)[O-])cc4CC(=O)[C@H]3C)cc2)nc1. The molecule has 2 aliphatic rings. The summed E-state index contributed by atoms with van der Waals surface area (Å²) in [5.74, 6) is -0.464. The third kappa shape index (κ3) is 12.5. The molecule has 0 radical (unpaired) electrons. The molecule has 5 N–H and O–H groups in total. The Morgan fingerprint density at radius 2 is 1.06 bits per heavy atom. The van der Waals surface area contributed by atoms with Crippen LogP contribution >= 0.6 is 0 Å². The van der Waals surface area contributed by atoms with E-state index in [1.165, 1.54) is 23.1 Å². The van der Waals surface area contributed by atoms with Crippen LogP contribution in [0.25, 0.3) is 0 Å². The second-order valence-electron chi connectivity index (χ2n) is 16.3. The number of aliphatic hydroxyl groups is 1. The Morgan fingerprint density at radius 1 is 0.652 bits per heavy atom. The van der Waals surface area contributed by atoms with Crippen LogP contribution in [-0.2, 0) is 35.5 Å². The zero-order valence-corrected chi connectivity index (χ0v) is 38.1. The van der Waals surface area contributed by atoms with Gasteiger partial charge in [0.05, 0.1) is 17.0 Å². The molecule has 356 valence electrons. The first-order valence-electron chi connectivity index (χ1n) is 21.5. The number of carbonyl (C=O) groups is 6. The number of nitrogens with zero attached hydrogens (tertiary/aromatic N) is 5. The van der Waals surface area contributed by atoms with Gasteiger partial charge in [0.1, 0.15) is 11.6 Å². The monoisotopic (exact) mass is 934 g/mol. The fourth-order valence-corrected chi connectivity index (χ4v) is 7.49. The molecule has 4 aromatic carbocycles. The maximum atomic E-state index is 13.2. The number of anilines is 3. The van der Waals surface area contributed by atoms with Crippen molar-refractivity contribution in [1.29, 1.82) is 0 Å². The number of Topliss-reactive ketones (excluding diaryl/α,β-unsaturated/α-hetero) is 2. The van der Waals surface area contributed by atoms with Crippen LogP contribution in [0.2, 0.25) is 0 Å². The summed E-state index contributed by atoms with van der Waals surface area (Å²) in [6, 6.07) is 28.6. The third-order valence-electron chi connectivity index (χ3n) is 11.5. The van der Waals surface area contributed by atoms with Crippen molar-refractivity contribution in [3.63, 3.8) is 0 Å². The molecule has 0 bridgehead atoms. The van der Waals surface area contributed by atoms with E-state index in [0.29, 0.717) is 45.1 Å². The lowest BCUT2D eigenvalue weighted by Gasteiger charge is -2.26. The molecule has 0 fully saturated rings. The van der Waals surface area contributed by atoms with Crippen molar-refractivity contribution in [1.82, 2.24) is 19.8 Å². The zero-order valence-electron chi connectivity index (χ0n) is 38.1.